The van der Waals surface area contributed by atoms with Gasteiger partial charge in [-0.2, -0.15) is 0 Å². The van der Waals surface area contributed by atoms with Gasteiger partial charge in [-0.1, -0.05) is 55.5 Å². The second kappa shape index (κ2) is 9.87. The molecule has 0 saturated heterocycles. The van der Waals surface area contributed by atoms with Gasteiger partial charge in [-0.05, 0) is 24.1 Å². The van der Waals surface area contributed by atoms with E-state index in [1.54, 1.807) is 0 Å². The van der Waals surface area contributed by atoms with Gasteiger partial charge in [0.05, 0.1) is 6.42 Å². The van der Waals surface area contributed by atoms with E-state index >= 15 is 0 Å². The van der Waals surface area contributed by atoms with Gasteiger partial charge >= 0.3 is 11.9 Å². The molecule has 0 unspecified atom stereocenters. The average molecular weight is 373 g/mol. The first-order valence-corrected chi connectivity index (χ1v) is 9.54. The van der Waals surface area contributed by atoms with E-state index < -0.39 is 18.0 Å². The minimum Gasteiger partial charge on any atom is -0.481 e. The number of hydrogen-bond acceptors (Lipinski definition) is 4. The monoisotopic (exact) mass is 373 g/mol. The third-order valence-electron chi connectivity index (χ3n) is 3.99. The molecule has 2 N–H and O–H groups in total. The lowest BCUT2D eigenvalue weighted by molar-refractivity contribution is -0.139. The summed E-state index contributed by atoms with van der Waals surface area (Å²) in [6.07, 6.45) is 0.466. The molecule has 0 aliphatic heterocycles. The van der Waals surface area contributed by atoms with Crippen molar-refractivity contribution in [2.45, 2.75) is 31.2 Å². The number of carboxylic acids is 2. The summed E-state index contributed by atoms with van der Waals surface area (Å²) in [4.78, 5) is 24.7. The van der Waals surface area contributed by atoms with Crippen molar-refractivity contribution < 1.29 is 19.8 Å². The molecule has 0 fully saturated rings. The lowest BCUT2D eigenvalue weighted by Gasteiger charge is -2.37. The molecule has 0 heterocycles. The number of para-hydroxylation sites is 1. The molecule has 26 heavy (non-hydrogen) atoms. The maximum Gasteiger partial charge on any atom is 0.326 e. The Labute approximate surface area is 157 Å². The van der Waals surface area contributed by atoms with Gasteiger partial charge in [0.2, 0.25) is 0 Å². The molecule has 0 bridgehead atoms. The van der Waals surface area contributed by atoms with E-state index in [0.717, 1.165) is 11.3 Å². The lowest BCUT2D eigenvalue weighted by Crippen LogP contribution is -2.42. The summed E-state index contributed by atoms with van der Waals surface area (Å²) in [5.41, 5.74) is 1.75. The normalized spacial score (nSPS) is 13.0. The molecule has 0 aliphatic rings. The number of anilines is 1. The van der Waals surface area contributed by atoms with Gasteiger partial charge in [0, 0.05) is 11.4 Å². The maximum absolute atomic E-state index is 11.9. The number of aliphatic carboxylic acids is 2. The average Bonchev–Trinajstić information content (AvgIpc) is 2.64. The number of carbonyl (C=O) groups is 2. The Morgan fingerprint density at radius 2 is 1.58 bits per heavy atom. The molecule has 5 nitrogen and oxygen atoms in total. The quantitative estimate of drug-likeness (QED) is 0.606. The van der Waals surface area contributed by atoms with Crippen LogP contribution in [0.15, 0.2) is 60.7 Å². The standard InChI is InChI=1S/C20H23NO4S/c1-2-17(20(24)25)21(16-11-7-4-8-12-16)19(26-14-13-18(22)23)15-9-5-3-6-10-15/h3-12,17,19H,2,13-14H2,1H3,(H,22,23)(H,24,25)/t17-,19+/m0/s1. The number of nitrogens with zero attached hydrogens (tertiary/aromatic N) is 1. The minimum atomic E-state index is -0.892. The highest BCUT2D eigenvalue weighted by molar-refractivity contribution is 7.99. The lowest BCUT2D eigenvalue weighted by atomic mass is 10.1. The van der Waals surface area contributed by atoms with Crippen molar-refractivity contribution in [1.82, 2.24) is 0 Å². The molecule has 2 aromatic rings. The molecule has 0 spiro atoms. The van der Waals surface area contributed by atoms with Crippen LogP contribution in [0.25, 0.3) is 0 Å². The number of benzene rings is 2. The van der Waals surface area contributed by atoms with Crippen LogP contribution in [-0.2, 0) is 9.59 Å². The molecule has 6 heteroatoms. The molecule has 2 aromatic carbocycles. The summed E-state index contributed by atoms with van der Waals surface area (Å²) in [5, 5.41) is 18.5. The number of rotatable bonds is 10. The van der Waals surface area contributed by atoms with Gasteiger partial charge in [0.1, 0.15) is 11.4 Å². The fourth-order valence-electron chi connectivity index (χ4n) is 2.78. The minimum absolute atomic E-state index is 0.0283. The third-order valence-corrected chi connectivity index (χ3v) is 5.25. The Kier molecular flexibility index (Phi) is 7.53. The smallest absolute Gasteiger partial charge is 0.326 e. The zero-order valence-electron chi connectivity index (χ0n) is 14.6. The highest BCUT2D eigenvalue weighted by atomic mass is 32.2. The van der Waals surface area contributed by atoms with Crippen LogP contribution in [0.1, 0.15) is 30.7 Å². The first-order chi connectivity index (χ1) is 12.5. The van der Waals surface area contributed by atoms with Crippen molar-refractivity contribution >= 4 is 29.4 Å². The van der Waals surface area contributed by atoms with Crippen LogP contribution in [-0.4, -0.2) is 33.9 Å². The van der Waals surface area contributed by atoms with Gasteiger partial charge < -0.3 is 15.1 Å². The Morgan fingerprint density at radius 3 is 2.08 bits per heavy atom. The molecule has 138 valence electrons. The summed E-state index contributed by atoms with van der Waals surface area (Å²) in [5.74, 6) is -1.36. The molecule has 0 amide bonds. The van der Waals surface area contributed by atoms with E-state index in [1.807, 2.05) is 72.5 Å². The highest BCUT2D eigenvalue weighted by Gasteiger charge is 2.31. The van der Waals surface area contributed by atoms with Gasteiger partial charge in [0.15, 0.2) is 0 Å². The second-order valence-corrected chi connectivity index (χ2v) is 6.97. The molecule has 0 aromatic heterocycles. The Hall–Kier alpha value is -2.47. The van der Waals surface area contributed by atoms with Crippen LogP contribution in [0.2, 0.25) is 0 Å². The van der Waals surface area contributed by atoms with Gasteiger partial charge in [-0.15, -0.1) is 11.8 Å². The molecule has 2 atom stereocenters. The number of carboxylic acid groups (broad SMARTS) is 2. The maximum atomic E-state index is 11.9. The summed E-state index contributed by atoms with van der Waals surface area (Å²) in [7, 11) is 0. The Balaban J connectivity index is 2.45. The van der Waals surface area contributed by atoms with E-state index in [9.17, 15) is 14.7 Å². The first kappa shape index (κ1) is 19.8. The largest absolute Gasteiger partial charge is 0.481 e. The summed E-state index contributed by atoms with van der Waals surface area (Å²) in [6.45, 7) is 1.85. The van der Waals surface area contributed by atoms with Crippen molar-refractivity contribution in [3.63, 3.8) is 0 Å². The van der Waals surface area contributed by atoms with Crippen molar-refractivity contribution in [3.8, 4) is 0 Å². The molecule has 0 aliphatic carbocycles. The predicted octanol–water partition coefficient (Wildman–Crippen LogP) is 4.26. The topological polar surface area (TPSA) is 77.8 Å². The zero-order valence-corrected chi connectivity index (χ0v) is 15.4. The van der Waals surface area contributed by atoms with Crippen LogP contribution >= 0.6 is 11.8 Å². The predicted molar refractivity (Wildman–Crippen MR) is 105 cm³/mol. The van der Waals surface area contributed by atoms with Crippen molar-refractivity contribution in [2.75, 3.05) is 10.7 Å². The van der Waals surface area contributed by atoms with Crippen LogP contribution < -0.4 is 4.90 Å². The zero-order chi connectivity index (χ0) is 18.9. The van der Waals surface area contributed by atoms with Crippen LogP contribution in [0.4, 0.5) is 5.69 Å². The number of hydrogen-bond donors (Lipinski definition) is 2. The van der Waals surface area contributed by atoms with E-state index in [2.05, 4.69) is 0 Å². The molecule has 0 radical (unpaired) electrons. The fourth-order valence-corrected chi connectivity index (χ4v) is 4.08. The third kappa shape index (κ3) is 5.26. The SMILES string of the molecule is CC[C@@H](C(=O)O)N(c1ccccc1)[C@H](SCCC(=O)O)c1ccccc1. The summed E-state index contributed by atoms with van der Waals surface area (Å²) in [6, 6.07) is 18.3. The Morgan fingerprint density at radius 1 is 1.00 bits per heavy atom. The second-order valence-electron chi connectivity index (χ2n) is 5.78. The molecule has 0 saturated carbocycles. The van der Waals surface area contributed by atoms with Gasteiger partial charge in [0.25, 0.3) is 0 Å². The summed E-state index contributed by atoms with van der Waals surface area (Å²) >= 11 is 1.45. The fraction of sp³-hybridized carbons (Fsp3) is 0.300. The van der Waals surface area contributed by atoms with E-state index in [0.29, 0.717) is 12.2 Å². The van der Waals surface area contributed by atoms with Gasteiger partial charge in [-0.25, -0.2) is 4.79 Å². The first-order valence-electron chi connectivity index (χ1n) is 8.49. The molecule has 2 rings (SSSR count). The van der Waals surface area contributed by atoms with Crippen LogP contribution in [0.5, 0.6) is 0 Å². The van der Waals surface area contributed by atoms with Gasteiger partial charge in [-0.3, -0.25) is 4.79 Å². The van der Waals surface area contributed by atoms with Crippen LogP contribution in [0, 0.1) is 0 Å². The van der Waals surface area contributed by atoms with Crippen molar-refractivity contribution in [2.24, 2.45) is 0 Å². The van der Waals surface area contributed by atoms with E-state index in [-0.39, 0.29) is 11.8 Å². The van der Waals surface area contributed by atoms with Crippen molar-refractivity contribution in [1.29, 1.82) is 0 Å². The highest BCUT2D eigenvalue weighted by Crippen LogP contribution is 2.38. The number of thioether (sulfide) groups is 1. The van der Waals surface area contributed by atoms with E-state index in [4.69, 9.17) is 5.11 Å². The molecular formula is C20H23NO4S. The molecular weight excluding hydrogens is 350 g/mol. The van der Waals surface area contributed by atoms with Crippen LogP contribution in [0.3, 0.4) is 0 Å². The summed E-state index contributed by atoms with van der Waals surface area (Å²) < 4.78 is 0. The van der Waals surface area contributed by atoms with Crippen molar-refractivity contribution in [3.05, 3.63) is 66.2 Å². The Bertz CT molecular complexity index is 708. The van der Waals surface area contributed by atoms with E-state index in [1.165, 1.54) is 11.8 Å².